The number of carbonyl (C=O) groups is 13. The zero-order valence-corrected chi connectivity index (χ0v) is 55.2. The molecule has 1 heterocycles. The van der Waals surface area contributed by atoms with Gasteiger partial charge in [0.25, 0.3) is 0 Å². The zero-order chi connectivity index (χ0) is 70.9. The van der Waals surface area contributed by atoms with Crippen LogP contribution in [0.5, 0.6) is 5.75 Å². The second-order valence-electron chi connectivity index (χ2n) is 24.1. The van der Waals surface area contributed by atoms with Gasteiger partial charge in [-0.15, -0.1) is 0 Å². The molecule has 1 aliphatic heterocycles. The zero-order valence-electron chi connectivity index (χ0n) is 55.2. The lowest BCUT2D eigenvalue weighted by Gasteiger charge is -2.30. The Morgan fingerprint density at radius 3 is 1.40 bits per heavy atom. The molecule has 0 saturated carbocycles. The fourth-order valence-electron chi connectivity index (χ4n) is 10.3. The Balaban J connectivity index is 1.77. The maximum absolute atomic E-state index is 14.3. The van der Waals surface area contributed by atoms with Crippen LogP contribution in [0.1, 0.15) is 143 Å². The van der Waals surface area contributed by atoms with E-state index in [1.807, 2.05) is 0 Å². The largest absolute Gasteiger partial charge is 0.508 e. The van der Waals surface area contributed by atoms with Crippen molar-refractivity contribution in [1.29, 1.82) is 0 Å². The first-order chi connectivity index (χ1) is 45.0. The average Bonchev–Trinajstić information content (AvgIpc) is 1.80. The van der Waals surface area contributed by atoms with Crippen LogP contribution in [0.3, 0.4) is 0 Å². The van der Waals surface area contributed by atoms with Gasteiger partial charge < -0.3 is 96.3 Å². The predicted octanol–water partition coefficient (Wildman–Crippen LogP) is -2.19. The number of hydrogen-bond donors (Lipinski definition) is 17. The van der Waals surface area contributed by atoms with Crippen LogP contribution in [0.15, 0.2) is 54.6 Å². The third-order valence-corrected chi connectivity index (χ3v) is 16.3. The van der Waals surface area contributed by atoms with Crippen molar-refractivity contribution in [2.45, 2.75) is 217 Å². The summed E-state index contributed by atoms with van der Waals surface area (Å²) in [6, 6.07) is -0.788. The van der Waals surface area contributed by atoms with Crippen molar-refractivity contribution in [1.82, 2.24) is 58.1 Å². The van der Waals surface area contributed by atoms with Crippen LogP contribution in [-0.4, -0.2) is 196 Å². The molecule has 1 saturated heterocycles. The SMILES string of the molecule is CC[C@H](C)[C@H](NC(=O)[C@H](C)NC(=O)[C@@H](N)CCC(=O)O)C(=O)N[C@@H](Cc1ccc(O)cc1)C(=O)N[C@@H](C)C(=O)N[C@@H](C)C(=O)N1CCC[C@H]1C(=O)N[C@@H](Cc1ccccc1)C(=O)N[C@@H](C)C(=O)N[C@@H](CCCCN)C(=O)N[C@@H](CCCCN)C(=O)N[C@@H](CCCCN)C(=O)O. The summed E-state index contributed by atoms with van der Waals surface area (Å²) >= 11 is 0. The van der Waals surface area contributed by atoms with Crippen LogP contribution >= 0.6 is 0 Å². The van der Waals surface area contributed by atoms with Crippen molar-refractivity contribution in [3.05, 3.63) is 65.7 Å². The lowest BCUT2D eigenvalue weighted by molar-refractivity contribution is -0.142. The van der Waals surface area contributed by atoms with Crippen molar-refractivity contribution in [3.8, 4) is 5.75 Å². The van der Waals surface area contributed by atoms with E-state index in [1.54, 1.807) is 44.2 Å². The molecule has 0 aromatic heterocycles. The van der Waals surface area contributed by atoms with Gasteiger partial charge in [-0.1, -0.05) is 62.7 Å². The van der Waals surface area contributed by atoms with Crippen LogP contribution in [0, 0.1) is 5.92 Å². The lowest BCUT2D eigenvalue weighted by Crippen LogP contribution is -2.60. The Hall–Kier alpha value is -8.81. The number of carboxylic acids is 2. The molecule has 31 heteroatoms. The quantitative estimate of drug-likeness (QED) is 0.0314. The molecule has 21 N–H and O–H groups in total. The average molecular weight is 1340 g/mol. The van der Waals surface area contributed by atoms with E-state index in [2.05, 4.69) is 53.2 Å². The number of nitrogens with zero attached hydrogens (tertiary/aromatic N) is 1. The number of rotatable bonds is 43. The molecule has 95 heavy (non-hydrogen) atoms. The van der Waals surface area contributed by atoms with Crippen molar-refractivity contribution in [2.24, 2.45) is 28.9 Å². The molecule has 31 nitrogen and oxygen atoms in total. The molecule has 2 aromatic carbocycles. The molecule has 13 atom stereocenters. The van der Waals surface area contributed by atoms with Gasteiger partial charge in [0.2, 0.25) is 65.0 Å². The molecule has 0 spiro atoms. The van der Waals surface area contributed by atoms with E-state index >= 15 is 0 Å². The van der Waals surface area contributed by atoms with Gasteiger partial charge >= 0.3 is 11.9 Å². The maximum atomic E-state index is 14.3. The highest BCUT2D eigenvalue weighted by atomic mass is 16.4. The lowest BCUT2D eigenvalue weighted by atomic mass is 9.96. The standard InChI is InChI=1S/C64H101N15O16/c1-7-36(2)52(78-55(85)39(5)69-56(86)44(68)28-29-51(81)82)62(92)77-49(35-42-24-26-43(80)27-25-42)60(90)70-37(3)53(83)72-40(6)63(93)79-33-17-23-50(79)61(91)76-48(34-41-18-9-8-10-19-41)59(89)71-38(4)54(84)73-45(20-11-14-30-65)57(87)74-46(21-12-15-31-66)58(88)75-47(64(94)95)22-13-16-32-67/h8-10,18-19,24-27,36-40,44-50,52,80H,7,11-17,20-23,28-35,65-68H2,1-6H3,(H,69,86)(H,70,90)(H,71,89)(H,72,83)(H,73,84)(H,74,87)(H,75,88)(H,76,91)(H,77,92)(H,78,85)(H,81,82)(H,94,95)/t36-,37-,38-,39-,40-,44-,45-,46-,47-,48-,49-,50-,52-/m0/s1. The number of hydrogen-bond acceptors (Lipinski definition) is 18. The van der Waals surface area contributed by atoms with Gasteiger partial charge in [-0.25, -0.2) is 4.79 Å². The minimum atomic E-state index is -1.40. The van der Waals surface area contributed by atoms with Gasteiger partial charge in [-0.05, 0) is 154 Å². The number of amides is 11. The van der Waals surface area contributed by atoms with E-state index in [9.17, 15) is 72.5 Å². The van der Waals surface area contributed by atoms with E-state index < -0.39 is 155 Å². The van der Waals surface area contributed by atoms with E-state index in [1.165, 1.54) is 56.9 Å². The molecule has 0 radical (unpaired) electrons. The number of phenols is 1. The molecule has 0 bridgehead atoms. The van der Waals surface area contributed by atoms with Crippen molar-refractivity contribution in [3.63, 3.8) is 0 Å². The number of aromatic hydroxyl groups is 1. The number of aliphatic carboxylic acids is 2. The van der Waals surface area contributed by atoms with Gasteiger partial charge in [-0.3, -0.25) is 57.5 Å². The van der Waals surface area contributed by atoms with Gasteiger partial charge in [0.05, 0.1) is 6.04 Å². The summed E-state index contributed by atoms with van der Waals surface area (Å²) in [5.74, 6) is -11.6. The van der Waals surface area contributed by atoms with E-state index in [-0.39, 0.29) is 70.2 Å². The van der Waals surface area contributed by atoms with Gasteiger partial charge in [0.1, 0.15) is 72.2 Å². The Morgan fingerprint density at radius 1 is 0.484 bits per heavy atom. The van der Waals surface area contributed by atoms with Crippen LogP contribution < -0.4 is 76.1 Å². The highest BCUT2D eigenvalue weighted by molar-refractivity contribution is 5.99. The summed E-state index contributed by atoms with van der Waals surface area (Å²) in [7, 11) is 0. The summed E-state index contributed by atoms with van der Waals surface area (Å²) in [5.41, 5.74) is 23.9. The van der Waals surface area contributed by atoms with Crippen LogP contribution in [-0.2, 0) is 75.2 Å². The highest BCUT2D eigenvalue weighted by Gasteiger charge is 2.40. The molecule has 3 rings (SSSR count). The first kappa shape index (κ1) is 80.4. The first-order valence-electron chi connectivity index (χ1n) is 32.5. The number of likely N-dealkylation sites (tertiary alicyclic amines) is 1. The molecule has 11 amide bonds. The molecule has 528 valence electrons. The Kier molecular flexibility index (Phi) is 35.4. The summed E-state index contributed by atoms with van der Waals surface area (Å²) < 4.78 is 0. The van der Waals surface area contributed by atoms with Crippen LogP contribution in [0.25, 0.3) is 0 Å². The fourth-order valence-corrected chi connectivity index (χ4v) is 10.3. The summed E-state index contributed by atoms with van der Waals surface area (Å²) in [5, 5.41) is 54.8. The normalized spacial score (nSPS) is 16.5. The number of carbonyl (C=O) groups excluding carboxylic acids is 11. The molecule has 0 unspecified atom stereocenters. The summed E-state index contributed by atoms with van der Waals surface area (Å²) in [6.45, 7) is 9.84. The van der Waals surface area contributed by atoms with Gasteiger partial charge in [-0.2, -0.15) is 0 Å². The van der Waals surface area contributed by atoms with Gasteiger partial charge in [0, 0.05) is 25.8 Å². The second-order valence-corrected chi connectivity index (χ2v) is 24.1. The summed E-state index contributed by atoms with van der Waals surface area (Å²) in [4.78, 5) is 177. The minimum Gasteiger partial charge on any atom is -0.508 e. The number of carboxylic acid groups (broad SMARTS) is 2. The Labute approximate surface area is 554 Å². The van der Waals surface area contributed by atoms with E-state index in [0.717, 1.165) is 0 Å². The van der Waals surface area contributed by atoms with Crippen molar-refractivity contribution >= 4 is 76.9 Å². The van der Waals surface area contributed by atoms with Gasteiger partial charge in [0.15, 0.2) is 0 Å². The number of unbranched alkanes of at least 4 members (excludes halogenated alkanes) is 3. The number of phenolic OH excluding ortho intramolecular Hbond substituents is 1. The number of benzene rings is 2. The maximum Gasteiger partial charge on any atom is 0.326 e. The molecule has 1 aliphatic rings. The predicted molar refractivity (Wildman–Crippen MR) is 349 cm³/mol. The topological polar surface area (TPSA) is 510 Å². The minimum absolute atomic E-state index is 0.0680. The second kappa shape index (κ2) is 41.8. The smallest absolute Gasteiger partial charge is 0.326 e. The highest BCUT2D eigenvalue weighted by Crippen LogP contribution is 2.20. The van der Waals surface area contributed by atoms with Crippen molar-refractivity contribution in [2.75, 3.05) is 26.2 Å². The fraction of sp³-hybridized carbons (Fsp3) is 0.609. The summed E-state index contributed by atoms with van der Waals surface area (Å²) in [6.07, 6.45) is 3.07. The van der Waals surface area contributed by atoms with Crippen LogP contribution in [0.2, 0.25) is 0 Å². The molecule has 2 aromatic rings. The molecular formula is C64H101N15O16. The molecule has 0 aliphatic carbocycles. The third-order valence-electron chi connectivity index (χ3n) is 16.3. The molecular weight excluding hydrogens is 1230 g/mol. The number of nitrogens with two attached hydrogens (primary N) is 4. The number of nitrogens with one attached hydrogen (secondary N) is 10. The monoisotopic (exact) mass is 1340 g/mol. The Bertz CT molecular complexity index is 2890. The van der Waals surface area contributed by atoms with Crippen LogP contribution in [0.4, 0.5) is 0 Å². The van der Waals surface area contributed by atoms with Crippen molar-refractivity contribution < 1.29 is 77.6 Å². The first-order valence-corrected chi connectivity index (χ1v) is 32.5. The molecule has 1 fully saturated rings. The Morgan fingerprint density at radius 2 is 0.905 bits per heavy atom. The van der Waals surface area contributed by atoms with E-state index in [4.69, 9.17) is 28.0 Å². The third kappa shape index (κ3) is 28.0. The van der Waals surface area contributed by atoms with E-state index in [0.29, 0.717) is 75.6 Å².